The highest BCUT2D eigenvalue weighted by molar-refractivity contribution is 5.63. The zero-order valence-corrected chi connectivity index (χ0v) is 10.4. The quantitative estimate of drug-likeness (QED) is 0.464. The van der Waals surface area contributed by atoms with Crippen molar-refractivity contribution in [2.75, 3.05) is 11.9 Å². The van der Waals surface area contributed by atoms with Crippen LogP contribution in [0.15, 0.2) is 65.8 Å². The van der Waals surface area contributed by atoms with Crippen LogP contribution in [0.5, 0.6) is 0 Å². The number of benzene rings is 2. The highest BCUT2D eigenvalue weighted by Gasteiger charge is 1.94. The van der Waals surface area contributed by atoms with Crippen LogP contribution in [0.3, 0.4) is 0 Å². The van der Waals surface area contributed by atoms with Crippen LogP contribution in [-0.4, -0.2) is 6.54 Å². The van der Waals surface area contributed by atoms with E-state index in [-0.39, 0.29) is 0 Å². The van der Waals surface area contributed by atoms with Crippen LogP contribution in [0.25, 0.3) is 16.5 Å². The van der Waals surface area contributed by atoms with Gasteiger partial charge in [0.2, 0.25) is 0 Å². The van der Waals surface area contributed by atoms with Crippen molar-refractivity contribution in [3.8, 4) is 0 Å². The maximum atomic E-state index is 8.19. The molecule has 0 spiro atoms. The molecular formula is C15H14N4. The molecule has 2 rings (SSSR count). The minimum absolute atomic E-state index is 0.368. The van der Waals surface area contributed by atoms with Crippen LogP contribution in [0.2, 0.25) is 0 Å². The van der Waals surface area contributed by atoms with E-state index in [0.717, 1.165) is 16.9 Å². The lowest BCUT2D eigenvalue weighted by atomic mass is 10.2. The fourth-order valence-corrected chi connectivity index (χ4v) is 1.68. The van der Waals surface area contributed by atoms with Crippen LogP contribution in [0, 0.1) is 0 Å². The zero-order valence-electron chi connectivity index (χ0n) is 10.4. The van der Waals surface area contributed by atoms with Crippen molar-refractivity contribution in [1.29, 1.82) is 0 Å². The van der Waals surface area contributed by atoms with Gasteiger partial charge in [-0.1, -0.05) is 47.6 Å². The molecule has 0 saturated heterocycles. The standard InChI is InChI=1S/C15H14N4/c16-19-17-11-5-7-13-6-4-10-15(12-13)18-14-8-2-1-3-9-14/h1-10,12,18H,11H2. The molecule has 2 aromatic rings. The summed E-state index contributed by atoms with van der Waals surface area (Å²) in [5.41, 5.74) is 11.3. The average molecular weight is 250 g/mol. The topological polar surface area (TPSA) is 60.8 Å². The lowest BCUT2D eigenvalue weighted by molar-refractivity contribution is 1.22. The van der Waals surface area contributed by atoms with Gasteiger partial charge in [0.15, 0.2) is 0 Å². The first kappa shape index (κ1) is 12.7. The third-order valence-corrected chi connectivity index (χ3v) is 2.51. The number of rotatable bonds is 5. The molecule has 0 heterocycles. The molecule has 0 amide bonds. The largest absolute Gasteiger partial charge is 0.356 e. The van der Waals surface area contributed by atoms with Crippen LogP contribution < -0.4 is 5.32 Å². The van der Waals surface area contributed by atoms with Gasteiger partial charge in [0.05, 0.1) is 0 Å². The number of hydrogen-bond acceptors (Lipinski definition) is 2. The van der Waals surface area contributed by atoms with E-state index >= 15 is 0 Å². The van der Waals surface area contributed by atoms with E-state index in [9.17, 15) is 0 Å². The Kier molecular flexibility index (Phi) is 4.62. The molecule has 0 atom stereocenters. The molecule has 94 valence electrons. The van der Waals surface area contributed by atoms with Gasteiger partial charge in [-0.25, -0.2) is 0 Å². The molecule has 0 aliphatic heterocycles. The Bertz CT molecular complexity index is 599. The second-order valence-corrected chi connectivity index (χ2v) is 3.93. The summed E-state index contributed by atoms with van der Waals surface area (Å²) in [5.74, 6) is 0. The third kappa shape index (κ3) is 4.22. The Morgan fingerprint density at radius 1 is 1.05 bits per heavy atom. The second-order valence-electron chi connectivity index (χ2n) is 3.93. The fourth-order valence-electron chi connectivity index (χ4n) is 1.68. The van der Waals surface area contributed by atoms with Crippen molar-refractivity contribution in [2.24, 2.45) is 5.11 Å². The first-order chi connectivity index (χ1) is 9.38. The van der Waals surface area contributed by atoms with Crippen molar-refractivity contribution in [3.05, 3.63) is 76.7 Å². The van der Waals surface area contributed by atoms with Crippen molar-refractivity contribution in [2.45, 2.75) is 0 Å². The fraction of sp³-hybridized carbons (Fsp3) is 0.0667. The van der Waals surface area contributed by atoms with E-state index in [1.807, 2.05) is 66.7 Å². The van der Waals surface area contributed by atoms with E-state index in [1.54, 1.807) is 0 Å². The van der Waals surface area contributed by atoms with Crippen molar-refractivity contribution in [1.82, 2.24) is 0 Å². The number of para-hydroxylation sites is 1. The molecule has 4 nitrogen and oxygen atoms in total. The Morgan fingerprint density at radius 2 is 1.84 bits per heavy atom. The van der Waals surface area contributed by atoms with Crippen molar-refractivity contribution in [3.63, 3.8) is 0 Å². The number of azide groups is 1. The monoisotopic (exact) mass is 250 g/mol. The molecule has 0 radical (unpaired) electrons. The lowest BCUT2D eigenvalue weighted by Gasteiger charge is -2.06. The zero-order chi connectivity index (χ0) is 13.3. The van der Waals surface area contributed by atoms with Crippen LogP contribution in [0.1, 0.15) is 5.56 Å². The predicted octanol–water partition coefficient (Wildman–Crippen LogP) is 4.75. The molecule has 0 aliphatic rings. The molecular weight excluding hydrogens is 236 g/mol. The SMILES string of the molecule is [N-]=[N+]=NCC=Cc1cccc(Nc2ccccc2)c1. The Labute approximate surface area is 112 Å². The summed E-state index contributed by atoms with van der Waals surface area (Å²) in [4.78, 5) is 2.70. The molecule has 0 unspecified atom stereocenters. The van der Waals surface area contributed by atoms with E-state index in [2.05, 4.69) is 15.3 Å². The highest BCUT2D eigenvalue weighted by atomic mass is 15.1. The molecule has 0 aromatic heterocycles. The van der Waals surface area contributed by atoms with Gasteiger partial charge in [-0.2, -0.15) is 0 Å². The molecule has 2 aromatic carbocycles. The van der Waals surface area contributed by atoms with E-state index in [4.69, 9.17) is 5.53 Å². The number of nitrogens with one attached hydrogen (secondary N) is 1. The first-order valence-corrected chi connectivity index (χ1v) is 5.98. The van der Waals surface area contributed by atoms with Crippen molar-refractivity contribution >= 4 is 17.5 Å². The van der Waals surface area contributed by atoms with Gasteiger partial charge in [0.25, 0.3) is 0 Å². The third-order valence-electron chi connectivity index (χ3n) is 2.51. The lowest BCUT2D eigenvalue weighted by Crippen LogP contribution is -1.89. The summed E-state index contributed by atoms with van der Waals surface area (Å²) >= 11 is 0. The minimum Gasteiger partial charge on any atom is -0.356 e. The molecule has 0 bridgehead atoms. The predicted molar refractivity (Wildman–Crippen MR) is 79.2 cm³/mol. The number of hydrogen-bond donors (Lipinski definition) is 1. The van der Waals surface area contributed by atoms with E-state index in [1.165, 1.54) is 0 Å². The van der Waals surface area contributed by atoms with Gasteiger partial charge in [0.1, 0.15) is 0 Å². The van der Waals surface area contributed by atoms with E-state index in [0.29, 0.717) is 6.54 Å². The summed E-state index contributed by atoms with van der Waals surface area (Å²) in [5, 5.41) is 6.79. The molecule has 4 heteroatoms. The van der Waals surface area contributed by atoms with Gasteiger partial charge < -0.3 is 5.32 Å². The van der Waals surface area contributed by atoms with Crippen LogP contribution >= 0.6 is 0 Å². The maximum Gasteiger partial charge on any atom is 0.0443 e. The van der Waals surface area contributed by atoms with Gasteiger partial charge in [-0.3, -0.25) is 0 Å². The Hall–Kier alpha value is -2.71. The summed E-state index contributed by atoms with van der Waals surface area (Å²) in [6.07, 6.45) is 3.77. The summed E-state index contributed by atoms with van der Waals surface area (Å²) in [7, 11) is 0. The molecule has 1 N–H and O–H groups in total. The normalized spacial score (nSPS) is 10.1. The van der Waals surface area contributed by atoms with Gasteiger partial charge in [0, 0.05) is 22.8 Å². The Morgan fingerprint density at radius 3 is 2.63 bits per heavy atom. The first-order valence-electron chi connectivity index (χ1n) is 5.98. The van der Waals surface area contributed by atoms with Crippen LogP contribution in [0.4, 0.5) is 11.4 Å². The van der Waals surface area contributed by atoms with Gasteiger partial charge in [-0.15, -0.1) is 0 Å². The number of nitrogens with zero attached hydrogens (tertiary/aromatic N) is 3. The number of anilines is 2. The second kappa shape index (κ2) is 6.89. The molecule has 19 heavy (non-hydrogen) atoms. The summed E-state index contributed by atoms with van der Waals surface area (Å²) < 4.78 is 0. The molecule has 0 fully saturated rings. The highest BCUT2D eigenvalue weighted by Crippen LogP contribution is 2.17. The molecule has 0 saturated carbocycles. The maximum absolute atomic E-state index is 8.19. The Balaban J connectivity index is 2.07. The van der Waals surface area contributed by atoms with Crippen LogP contribution in [-0.2, 0) is 0 Å². The van der Waals surface area contributed by atoms with Gasteiger partial charge in [-0.05, 0) is 35.4 Å². The summed E-state index contributed by atoms with van der Waals surface area (Å²) in [6.45, 7) is 0.368. The summed E-state index contributed by atoms with van der Waals surface area (Å²) in [6, 6.07) is 18.0. The average Bonchev–Trinajstić information content (AvgIpc) is 2.45. The van der Waals surface area contributed by atoms with Gasteiger partial charge >= 0.3 is 0 Å². The van der Waals surface area contributed by atoms with Crippen molar-refractivity contribution < 1.29 is 0 Å². The van der Waals surface area contributed by atoms with E-state index < -0.39 is 0 Å². The minimum atomic E-state index is 0.368. The smallest absolute Gasteiger partial charge is 0.0443 e. The molecule has 0 aliphatic carbocycles.